The molecule has 0 radical (unpaired) electrons. The summed E-state index contributed by atoms with van der Waals surface area (Å²) in [5, 5.41) is 12.6. The second kappa shape index (κ2) is 9.40. The van der Waals surface area contributed by atoms with E-state index in [1.54, 1.807) is 38.1 Å². The van der Waals surface area contributed by atoms with Crippen LogP contribution in [0.1, 0.15) is 11.1 Å². The van der Waals surface area contributed by atoms with E-state index in [0.717, 1.165) is 0 Å². The Morgan fingerprint density at radius 3 is 1.50 bits per heavy atom. The summed E-state index contributed by atoms with van der Waals surface area (Å²) >= 11 is 10.3. The van der Waals surface area contributed by atoms with Gasteiger partial charge in [-0.1, -0.05) is 12.1 Å². The molecule has 26 heavy (non-hydrogen) atoms. The molecule has 0 fully saturated rings. The van der Waals surface area contributed by atoms with Crippen LogP contribution in [-0.2, 0) is 0 Å². The molecule has 0 spiro atoms. The molecule has 0 atom stereocenters. The average Bonchev–Trinajstić information content (AvgIpc) is 2.58. The molecule has 0 amide bonds. The molecule has 0 aromatic heterocycles. The SMILES string of the molecule is Cc1ccc(NC(=S)NCCNC(=S)Nc2ccc(C)c(F)c2)cc1F. The summed E-state index contributed by atoms with van der Waals surface area (Å²) in [4.78, 5) is 0. The third-order valence-electron chi connectivity index (χ3n) is 3.56. The van der Waals surface area contributed by atoms with Crippen LogP contribution in [0.15, 0.2) is 36.4 Å². The number of nitrogens with one attached hydrogen (secondary N) is 4. The van der Waals surface area contributed by atoms with Crippen LogP contribution in [0.4, 0.5) is 20.2 Å². The standard InChI is InChI=1S/C18H20F2N4S2/c1-11-3-5-13(9-15(11)19)23-17(25)21-7-8-22-18(26)24-14-6-4-12(2)16(20)10-14/h3-6,9-10H,7-8H2,1-2H3,(H2,21,23,25)(H2,22,24,26). The molecule has 4 N–H and O–H groups in total. The van der Waals surface area contributed by atoms with Gasteiger partial charge in [0, 0.05) is 24.5 Å². The van der Waals surface area contributed by atoms with Crippen molar-refractivity contribution in [1.29, 1.82) is 0 Å². The van der Waals surface area contributed by atoms with E-state index in [1.807, 2.05) is 0 Å². The Bertz CT molecular complexity index is 744. The lowest BCUT2D eigenvalue weighted by atomic mass is 10.2. The zero-order valence-corrected chi connectivity index (χ0v) is 16.1. The van der Waals surface area contributed by atoms with Crippen molar-refractivity contribution in [2.45, 2.75) is 13.8 Å². The van der Waals surface area contributed by atoms with Crippen molar-refractivity contribution in [3.8, 4) is 0 Å². The monoisotopic (exact) mass is 394 g/mol. The van der Waals surface area contributed by atoms with Crippen LogP contribution in [0, 0.1) is 25.5 Å². The molecule has 8 heteroatoms. The van der Waals surface area contributed by atoms with Gasteiger partial charge < -0.3 is 21.3 Å². The number of anilines is 2. The molecule has 0 aliphatic heterocycles. The van der Waals surface area contributed by atoms with E-state index in [-0.39, 0.29) is 11.6 Å². The lowest BCUT2D eigenvalue weighted by Crippen LogP contribution is -2.38. The van der Waals surface area contributed by atoms with Gasteiger partial charge in [-0.2, -0.15) is 0 Å². The number of aryl methyl sites for hydroxylation is 2. The molecule has 0 unspecified atom stereocenters. The predicted molar refractivity (Wildman–Crippen MR) is 111 cm³/mol. The van der Waals surface area contributed by atoms with Crippen molar-refractivity contribution in [3.63, 3.8) is 0 Å². The summed E-state index contributed by atoms with van der Waals surface area (Å²) in [6, 6.07) is 9.65. The molecule has 2 aromatic rings. The second-order valence-corrected chi connectivity index (χ2v) is 6.51. The summed E-state index contributed by atoms with van der Waals surface area (Å²) in [7, 11) is 0. The zero-order valence-electron chi connectivity index (χ0n) is 14.5. The van der Waals surface area contributed by atoms with Crippen molar-refractivity contribution in [2.24, 2.45) is 0 Å². The van der Waals surface area contributed by atoms with Crippen LogP contribution in [0.3, 0.4) is 0 Å². The largest absolute Gasteiger partial charge is 0.361 e. The number of thiocarbonyl (C=S) groups is 2. The minimum absolute atomic E-state index is 0.288. The van der Waals surface area contributed by atoms with Gasteiger partial charge in [0.25, 0.3) is 0 Å². The highest BCUT2D eigenvalue weighted by atomic mass is 32.1. The van der Waals surface area contributed by atoms with Gasteiger partial charge in [0.05, 0.1) is 0 Å². The Morgan fingerprint density at radius 1 is 0.769 bits per heavy atom. The fraction of sp³-hybridized carbons (Fsp3) is 0.222. The quantitative estimate of drug-likeness (QED) is 0.457. The lowest BCUT2D eigenvalue weighted by molar-refractivity contribution is 0.619. The molecule has 0 bridgehead atoms. The summed E-state index contributed by atoms with van der Waals surface area (Å²) in [5.74, 6) is -0.577. The maximum atomic E-state index is 13.5. The first-order valence-corrected chi connectivity index (χ1v) is 8.79. The van der Waals surface area contributed by atoms with Crippen LogP contribution in [-0.4, -0.2) is 23.3 Å². The topological polar surface area (TPSA) is 48.1 Å². The number of halogens is 2. The van der Waals surface area contributed by atoms with E-state index in [4.69, 9.17) is 24.4 Å². The summed E-state index contributed by atoms with van der Waals surface area (Å²) < 4.78 is 27.0. The maximum Gasteiger partial charge on any atom is 0.170 e. The van der Waals surface area contributed by atoms with Gasteiger partial charge >= 0.3 is 0 Å². The Hall–Kier alpha value is -2.32. The maximum absolute atomic E-state index is 13.5. The Balaban J connectivity index is 1.68. The van der Waals surface area contributed by atoms with Crippen LogP contribution in [0.2, 0.25) is 0 Å². The lowest BCUT2D eigenvalue weighted by Gasteiger charge is -2.13. The molecule has 0 saturated carbocycles. The minimum Gasteiger partial charge on any atom is -0.361 e. The number of hydrogen-bond acceptors (Lipinski definition) is 2. The molecule has 138 valence electrons. The van der Waals surface area contributed by atoms with E-state index in [0.29, 0.717) is 45.8 Å². The minimum atomic E-state index is -0.288. The molecule has 2 rings (SSSR count). The molecule has 0 aliphatic rings. The number of benzene rings is 2. The zero-order chi connectivity index (χ0) is 19.1. The van der Waals surface area contributed by atoms with E-state index < -0.39 is 0 Å². The third-order valence-corrected chi connectivity index (χ3v) is 4.05. The fourth-order valence-electron chi connectivity index (χ4n) is 2.04. The van der Waals surface area contributed by atoms with Crippen molar-refractivity contribution < 1.29 is 8.78 Å². The highest BCUT2D eigenvalue weighted by Crippen LogP contribution is 2.14. The fourth-order valence-corrected chi connectivity index (χ4v) is 2.48. The van der Waals surface area contributed by atoms with Gasteiger partial charge in [-0.15, -0.1) is 0 Å². The molecule has 0 heterocycles. The Labute approximate surface area is 162 Å². The second-order valence-electron chi connectivity index (χ2n) is 5.69. The van der Waals surface area contributed by atoms with Gasteiger partial charge in [-0.3, -0.25) is 0 Å². The first-order chi connectivity index (χ1) is 12.3. The first-order valence-electron chi connectivity index (χ1n) is 7.97. The van der Waals surface area contributed by atoms with Gasteiger partial charge in [-0.05, 0) is 73.7 Å². The van der Waals surface area contributed by atoms with Crippen molar-refractivity contribution in [2.75, 3.05) is 23.7 Å². The smallest absolute Gasteiger partial charge is 0.170 e. The normalized spacial score (nSPS) is 10.2. The Morgan fingerprint density at radius 2 is 1.15 bits per heavy atom. The Kier molecular flexibility index (Phi) is 7.23. The summed E-state index contributed by atoms with van der Waals surface area (Å²) in [5.41, 5.74) is 2.32. The average molecular weight is 395 g/mol. The first kappa shape index (κ1) is 20.0. The van der Waals surface area contributed by atoms with Gasteiger partial charge in [0.2, 0.25) is 0 Å². The van der Waals surface area contributed by atoms with Crippen LogP contribution >= 0.6 is 24.4 Å². The van der Waals surface area contributed by atoms with Crippen LogP contribution in [0.5, 0.6) is 0 Å². The van der Waals surface area contributed by atoms with Crippen LogP contribution < -0.4 is 21.3 Å². The summed E-state index contributed by atoms with van der Waals surface area (Å²) in [6.07, 6.45) is 0. The number of hydrogen-bond donors (Lipinski definition) is 4. The third kappa shape index (κ3) is 6.20. The van der Waals surface area contributed by atoms with Gasteiger partial charge in [0.15, 0.2) is 10.2 Å². The van der Waals surface area contributed by atoms with Gasteiger partial charge in [0.1, 0.15) is 11.6 Å². The molecule has 0 saturated heterocycles. The van der Waals surface area contributed by atoms with E-state index in [9.17, 15) is 8.78 Å². The van der Waals surface area contributed by atoms with Crippen molar-refractivity contribution in [3.05, 3.63) is 59.2 Å². The highest BCUT2D eigenvalue weighted by Gasteiger charge is 2.03. The van der Waals surface area contributed by atoms with Crippen molar-refractivity contribution in [1.82, 2.24) is 10.6 Å². The van der Waals surface area contributed by atoms with Crippen molar-refractivity contribution >= 4 is 46.0 Å². The van der Waals surface area contributed by atoms with Crippen LogP contribution in [0.25, 0.3) is 0 Å². The molecule has 4 nitrogen and oxygen atoms in total. The number of rotatable bonds is 5. The highest BCUT2D eigenvalue weighted by molar-refractivity contribution is 7.80. The predicted octanol–water partition coefficient (Wildman–Crippen LogP) is 3.85. The van der Waals surface area contributed by atoms with E-state index in [1.165, 1.54) is 12.1 Å². The van der Waals surface area contributed by atoms with E-state index in [2.05, 4.69) is 21.3 Å². The van der Waals surface area contributed by atoms with E-state index >= 15 is 0 Å². The van der Waals surface area contributed by atoms with Gasteiger partial charge in [-0.25, -0.2) is 8.78 Å². The molecule has 2 aromatic carbocycles. The molecular formula is C18H20F2N4S2. The summed E-state index contributed by atoms with van der Waals surface area (Å²) in [6.45, 7) is 4.40. The molecule has 0 aliphatic carbocycles. The molecular weight excluding hydrogens is 374 g/mol.